The minimum atomic E-state index is -0.345. The molecule has 4 rings (SSSR count). The zero-order chi connectivity index (χ0) is 21.3. The van der Waals surface area contributed by atoms with Crippen LogP contribution in [0, 0.1) is 0 Å². The molecule has 1 aromatic heterocycles. The molecule has 0 saturated carbocycles. The number of aromatic nitrogens is 1. The maximum absolute atomic E-state index is 12.4. The predicted octanol–water partition coefficient (Wildman–Crippen LogP) is 4.99. The summed E-state index contributed by atoms with van der Waals surface area (Å²) in [6.45, 7) is 4.02. The minimum absolute atomic E-state index is 0.163. The summed E-state index contributed by atoms with van der Waals surface area (Å²) in [7, 11) is 1.62. The second-order valence-corrected chi connectivity index (χ2v) is 7.34. The smallest absolute Gasteiger partial charge is 0.240 e. The van der Waals surface area contributed by atoms with Crippen LogP contribution in [0.3, 0.4) is 0 Å². The summed E-state index contributed by atoms with van der Waals surface area (Å²) < 4.78 is 11.1. The maximum Gasteiger partial charge on any atom is 0.240 e. The van der Waals surface area contributed by atoms with Crippen LogP contribution >= 0.6 is 11.6 Å². The van der Waals surface area contributed by atoms with Gasteiger partial charge in [-0.15, -0.1) is 0 Å². The Kier molecular flexibility index (Phi) is 5.59. The molecule has 2 heterocycles. The standard InChI is InChI=1S/C23H22ClN3O3/c1-4-30-16-9-10-19-15(11-16)12-18(23(24)25-19)21-13-20(26-27(21)14(2)28)17-7-5-6-8-22(17)29-3/h5-12,21H,4,13H2,1-3H3. The molecule has 0 bridgehead atoms. The molecule has 0 radical (unpaired) electrons. The van der Waals surface area contributed by atoms with Crippen LogP contribution in [0.4, 0.5) is 0 Å². The highest BCUT2D eigenvalue weighted by molar-refractivity contribution is 6.30. The van der Waals surface area contributed by atoms with Gasteiger partial charge in [-0.1, -0.05) is 23.7 Å². The third-order valence-electron chi connectivity index (χ3n) is 5.09. The molecule has 0 fully saturated rings. The van der Waals surface area contributed by atoms with Crippen LogP contribution in [0.15, 0.2) is 53.6 Å². The van der Waals surface area contributed by atoms with Crippen molar-refractivity contribution in [3.8, 4) is 11.5 Å². The van der Waals surface area contributed by atoms with E-state index < -0.39 is 0 Å². The zero-order valence-electron chi connectivity index (χ0n) is 17.1. The Bertz CT molecular complexity index is 1150. The number of nitrogens with zero attached hydrogens (tertiary/aromatic N) is 3. The van der Waals surface area contributed by atoms with Crippen LogP contribution in [0.25, 0.3) is 10.9 Å². The van der Waals surface area contributed by atoms with E-state index in [0.717, 1.165) is 33.5 Å². The van der Waals surface area contributed by atoms with Gasteiger partial charge in [0.25, 0.3) is 0 Å². The number of rotatable bonds is 5. The number of hydrazone groups is 1. The fraction of sp³-hybridized carbons (Fsp3) is 0.261. The van der Waals surface area contributed by atoms with Crippen LogP contribution in [0.5, 0.6) is 11.5 Å². The van der Waals surface area contributed by atoms with E-state index in [1.165, 1.54) is 11.9 Å². The summed E-state index contributed by atoms with van der Waals surface area (Å²) in [5.74, 6) is 1.31. The van der Waals surface area contributed by atoms with Gasteiger partial charge < -0.3 is 9.47 Å². The van der Waals surface area contributed by atoms with E-state index >= 15 is 0 Å². The van der Waals surface area contributed by atoms with Gasteiger partial charge in [0.05, 0.1) is 31.0 Å². The van der Waals surface area contributed by atoms with Crippen LogP contribution in [-0.4, -0.2) is 35.3 Å². The average molecular weight is 424 g/mol. The first-order valence-corrected chi connectivity index (χ1v) is 10.1. The van der Waals surface area contributed by atoms with Gasteiger partial charge >= 0.3 is 0 Å². The highest BCUT2D eigenvalue weighted by Crippen LogP contribution is 2.38. The van der Waals surface area contributed by atoms with Crippen molar-refractivity contribution in [1.29, 1.82) is 0 Å². The zero-order valence-corrected chi connectivity index (χ0v) is 17.8. The van der Waals surface area contributed by atoms with Crippen molar-refractivity contribution >= 4 is 34.1 Å². The van der Waals surface area contributed by atoms with Crippen molar-refractivity contribution in [3.63, 3.8) is 0 Å². The van der Waals surface area contributed by atoms with Gasteiger partial charge in [0.1, 0.15) is 16.7 Å². The van der Waals surface area contributed by atoms with Crippen molar-refractivity contribution < 1.29 is 14.3 Å². The van der Waals surface area contributed by atoms with E-state index in [0.29, 0.717) is 23.9 Å². The lowest BCUT2D eigenvalue weighted by atomic mass is 9.98. The molecule has 1 aliphatic rings. The molecule has 1 atom stereocenters. The van der Waals surface area contributed by atoms with Gasteiger partial charge in [-0.3, -0.25) is 4.79 Å². The lowest BCUT2D eigenvalue weighted by Crippen LogP contribution is -2.24. The number of methoxy groups -OCH3 is 1. The van der Waals surface area contributed by atoms with Crippen molar-refractivity contribution in [2.24, 2.45) is 5.10 Å². The van der Waals surface area contributed by atoms with Crippen molar-refractivity contribution in [2.75, 3.05) is 13.7 Å². The third kappa shape index (κ3) is 3.71. The Labute approximate surface area is 180 Å². The highest BCUT2D eigenvalue weighted by Gasteiger charge is 2.34. The van der Waals surface area contributed by atoms with E-state index in [9.17, 15) is 4.79 Å². The number of hydrogen-bond donors (Lipinski definition) is 0. The Morgan fingerprint density at radius 1 is 1.23 bits per heavy atom. The Morgan fingerprint density at radius 2 is 2.03 bits per heavy atom. The SMILES string of the molecule is CCOc1ccc2nc(Cl)c(C3CC(c4ccccc4OC)=NN3C(C)=O)cc2c1. The van der Waals surface area contributed by atoms with Crippen molar-refractivity contribution in [3.05, 3.63) is 64.8 Å². The molecule has 0 saturated heterocycles. The molecule has 0 N–H and O–H groups in total. The fourth-order valence-electron chi connectivity index (χ4n) is 3.73. The summed E-state index contributed by atoms with van der Waals surface area (Å²) in [6.07, 6.45) is 0.512. The lowest BCUT2D eigenvalue weighted by molar-refractivity contribution is -0.130. The van der Waals surface area contributed by atoms with Gasteiger partial charge in [0.2, 0.25) is 5.91 Å². The molecular weight excluding hydrogens is 402 g/mol. The number of hydrogen-bond acceptors (Lipinski definition) is 5. The van der Waals surface area contributed by atoms with Crippen LogP contribution in [0.1, 0.15) is 37.4 Å². The van der Waals surface area contributed by atoms with Crippen LogP contribution in [-0.2, 0) is 4.79 Å². The summed E-state index contributed by atoms with van der Waals surface area (Å²) in [4.78, 5) is 16.9. The summed E-state index contributed by atoms with van der Waals surface area (Å²) in [5.41, 5.74) is 3.15. The second-order valence-electron chi connectivity index (χ2n) is 6.99. The van der Waals surface area contributed by atoms with Gasteiger partial charge in [0.15, 0.2) is 0 Å². The number of pyridine rings is 1. The first-order chi connectivity index (χ1) is 14.5. The molecule has 0 aliphatic carbocycles. The van der Waals surface area contributed by atoms with Gasteiger partial charge in [-0.25, -0.2) is 9.99 Å². The molecule has 1 aliphatic heterocycles. The Morgan fingerprint density at radius 3 is 2.77 bits per heavy atom. The second kappa shape index (κ2) is 8.32. The van der Waals surface area contributed by atoms with Crippen molar-refractivity contribution in [1.82, 2.24) is 9.99 Å². The summed E-state index contributed by atoms with van der Waals surface area (Å²) in [5, 5.41) is 7.34. The highest BCUT2D eigenvalue weighted by atomic mass is 35.5. The van der Waals surface area contributed by atoms with E-state index in [-0.39, 0.29) is 11.9 Å². The summed E-state index contributed by atoms with van der Waals surface area (Å²) in [6, 6.07) is 14.9. The quantitative estimate of drug-likeness (QED) is 0.542. The van der Waals surface area contributed by atoms with Gasteiger partial charge in [-0.2, -0.15) is 5.10 Å². The molecule has 0 spiro atoms. The molecule has 3 aromatic rings. The van der Waals surface area contributed by atoms with Crippen LogP contribution < -0.4 is 9.47 Å². The first kappa shape index (κ1) is 20.2. The molecule has 1 unspecified atom stereocenters. The van der Waals surface area contributed by atoms with E-state index in [4.69, 9.17) is 21.1 Å². The monoisotopic (exact) mass is 423 g/mol. The molecule has 30 heavy (non-hydrogen) atoms. The molecule has 6 nitrogen and oxygen atoms in total. The summed E-state index contributed by atoms with van der Waals surface area (Å²) >= 11 is 6.55. The minimum Gasteiger partial charge on any atom is -0.496 e. The average Bonchev–Trinajstić information content (AvgIpc) is 3.19. The Balaban J connectivity index is 1.76. The number of ether oxygens (including phenoxy) is 2. The molecule has 1 amide bonds. The lowest BCUT2D eigenvalue weighted by Gasteiger charge is -2.21. The van der Waals surface area contributed by atoms with Crippen LogP contribution in [0.2, 0.25) is 5.15 Å². The Hall–Kier alpha value is -3.12. The number of benzene rings is 2. The third-order valence-corrected chi connectivity index (χ3v) is 5.39. The topological polar surface area (TPSA) is 64.0 Å². The number of para-hydroxylation sites is 1. The number of fused-ring (bicyclic) bond motifs is 1. The molecule has 2 aromatic carbocycles. The number of amides is 1. The fourth-order valence-corrected chi connectivity index (χ4v) is 4.00. The van der Waals surface area contributed by atoms with E-state index in [1.807, 2.05) is 55.5 Å². The predicted molar refractivity (Wildman–Crippen MR) is 117 cm³/mol. The van der Waals surface area contributed by atoms with Gasteiger partial charge in [0, 0.05) is 29.9 Å². The molecule has 154 valence electrons. The van der Waals surface area contributed by atoms with Gasteiger partial charge in [-0.05, 0) is 43.3 Å². The maximum atomic E-state index is 12.4. The largest absolute Gasteiger partial charge is 0.496 e. The molecular formula is C23H22ClN3O3. The number of halogens is 1. The van der Waals surface area contributed by atoms with E-state index in [1.54, 1.807) is 7.11 Å². The van der Waals surface area contributed by atoms with E-state index in [2.05, 4.69) is 10.1 Å². The number of carbonyl (C=O) groups is 1. The number of carbonyl (C=O) groups excluding carboxylic acids is 1. The normalized spacial score (nSPS) is 15.9. The first-order valence-electron chi connectivity index (χ1n) is 9.75. The molecule has 7 heteroatoms. The van der Waals surface area contributed by atoms with Crippen molar-refractivity contribution in [2.45, 2.75) is 26.3 Å².